The van der Waals surface area contributed by atoms with E-state index in [0.717, 1.165) is 37.7 Å². The number of benzene rings is 2. The Morgan fingerprint density at radius 1 is 1.05 bits per heavy atom. The Labute approximate surface area is 262 Å². The van der Waals surface area contributed by atoms with E-state index >= 15 is 0 Å². The largest absolute Gasteiger partial charge is 0.467 e. The van der Waals surface area contributed by atoms with Gasteiger partial charge in [0.15, 0.2) is 11.0 Å². The van der Waals surface area contributed by atoms with Crippen LogP contribution in [0.2, 0.25) is 0 Å². The number of furan rings is 1. The Balaban J connectivity index is 1.38. The standard InChI is InChI=1S/C34H40FN5O3S/c1-34(2,3)25-16-12-24(13-17-25)31-37-38-33(39(31)4)44-22-29(41)40(21-28-11-8-20-43-28)30(23-14-18-26(35)19-15-23)32(42)36-27-9-6-5-7-10-27/h8,11-20,27,30H,5-7,9-10,21-22H2,1-4H3,(H,36,42)/t30-/m1/s1. The highest BCUT2D eigenvalue weighted by molar-refractivity contribution is 7.99. The fourth-order valence-electron chi connectivity index (χ4n) is 5.56. The number of nitrogens with zero attached hydrogens (tertiary/aromatic N) is 4. The summed E-state index contributed by atoms with van der Waals surface area (Å²) in [5.74, 6) is 0.284. The van der Waals surface area contributed by atoms with Crippen LogP contribution in [0.4, 0.5) is 4.39 Å². The van der Waals surface area contributed by atoms with Crippen LogP contribution in [-0.4, -0.2) is 43.3 Å². The number of carbonyl (C=O) groups excluding carboxylic acids is 2. The molecular formula is C34H40FN5O3S. The van der Waals surface area contributed by atoms with Gasteiger partial charge in [-0.2, -0.15) is 0 Å². The van der Waals surface area contributed by atoms with Crippen LogP contribution in [0.3, 0.4) is 0 Å². The monoisotopic (exact) mass is 617 g/mol. The van der Waals surface area contributed by atoms with Gasteiger partial charge < -0.3 is 19.2 Å². The predicted molar refractivity (Wildman–Crippen MR) is 169 cm³/mol. The smallest absolute Gasteiger partial charge is 0.247 e. The molecule has 0 saturated heterocycles. The van der Waals surface area contributed by atoms with Gasteiger partial charge in [0, 0.05) is 18.7 Å². The molecule has 10 heteroatoms. The van der Waals surface area contributed by atoms with Gasteiger partial charge in [0.1, 0.15) is 17.6 Å². The molecule has 1 N–H and O–H groups in total. The lowest BCUT2D eigenvalue weighted by Crippen LogP contribution is -2.47. The fraction of sp³-hybridized carbons (Fsp3) is 0.412. The van der Waals surface area contributed by atoms with Crippen LogP contribution in [-0.2, 0) is 28.6 Å². The molecule has 1 aliphatic rings. The first-order valence-corrected chi connectivity index (χ1v) is 16.1. The quantitative estimate of drug-likeness (QED) is 0.196. The molecule has 2 amide bonds. The average Bonchev–Trinajstić information content (AvgIpc) is 3.66. The third-order valence-electron chi connectivity index (χ3n) is 8.09. The third kappa shape index (κ3) is 7.59. The van der Waals surface area contributed by atoms with Gasteiger partial charge in [0.25, 0.3) is 0 Å². The molecule has 1 fully saturated rings. The number of amides is 2. The number of nitrogens with one attached hydrogen (secondary N) is 1. The maximum atomic E-state index is 14.0. The lowest BCUT2D eigenvalue weighted by atomic mass is 9.87. The van der Waals surface area contributed by atoms with Crippen LogP contribution < -0.4 is 5.32 Å². The van der Waals surface area contributed by atoms with Crippen LogP contribution >= 0.6 is 11.8 Å². The lowest BCUT2D eigenvalue weighted by Gasteiger charge is -2.33. The van der Waals surface area contributed by atoms with E-state index in [0.29, 0.717) is 22.3 Å². The Kier molecular flexibility index (Phi) is 9.88. The lowest BCUT2D eigenvalue weighted by molar-refractivity contribution is -0.140. The molecule has 2 aromatic carbocycles. The Morgan fingerprint density at radius 3 is 2.39 bits per heavy atom. The number of halogens is 1. The molecule has 0 unspecified atom stereocenters. The molecule has 2 heterocycles. The first-order chi connectivity index (χ1) is 21.1. The van der Waals surface area contributed by atoms with E-state index < -0.39 is 11.9 Å². The molecule has 1 saturated carbocycles. The van der Waals surface area contributed by atoms with E-state index in [9.17, 15) is 14.0 Å². The van der Waals surface area contributed by atoms with Crippen molar-refractivity contribution in [2.75, 3.05) is 5.75 Å². The summed E-state index contributed by atoms with van der Waals surface area (Å²) < 4.78 is 21.4. The topological polar surface area (TPSA) is 93.3 Å². The van der Waals surface area contributed by atoms with Crippen molar-refractivity contribution in [2.24, 2.45) is 7.05 Å². The Hall–Kier alpha value is -3.92. The van der Waals surface area contributed by atoms with Gasteiger partial charge in [-0.05, 0) is 53.6 Å². The van der Waals surface area contributed by atoms with E-state index in [1.54, 1.807) is 24.3 Å². The molecule has 0 aliphatic heterocycles. The predicted octanol–water partition coefficient (Wildman–Crippen LogP) is 6.82. The number of rotatable bonds is 10. The second-order valence-corrected chi connectivity index (χ2v) is 13.3. The van der Waals surface area contributed by atoms with Crippen LogP contribution in [0.15, 0.2) is 76.5 Å². The zero-order chi connectivity index (χ0) is 31.3. The number of hydrogen-bond acceptors (Lipinski definition) is 6. The van der Waals surface area contributed by atoms with Crippen molar-refractivity contribution >= 4 is 23.6 Å². The van der Waals surface area contributed by atoms with Gasteiger partial charge in [-0.1, -0.05) is 88.2 Å². The van der Waals surface area contributed by atoms with Crippen molar-refractivity contribution in [1.29, 1.82) is 0 Å². The molecule has 2 aromatic heterocycles. The average molecular weight is 618 g/mol. The summed E-state index contributed by atoms with van der Waals surface area (Å²) in [6, 6.07) is 16.6. The van der Waals surface area contributed by atoms with Crippen molar-refractivity contribution in [1.82, 2.24) is 25.0 Å². The molecule has 4 aromatic rings. The van der Waals surface area contributed by atoms with E-state index in [1.807, 2.05) is 23.7 Å². The summed E-state index contributed by atoms with van der Waals surface area (Å²) in [4.78, 5) is 29.4. The summed E-state index contributed by atoms with van der Waals surface area (Å²) in [6.07, 6.45) is 6.60. The van der Waals surface area contributed by atoms with Gasteiger partial charge in [-0.25, -0.2) is 4.39 Å². The minimum Gasteiger partial charge on any atom is -0.467 e. The third-order valence-corrected chi connectivity index (χ3v) is 9.10. The summed E-state index contributed by atoms with van der Waals surface area (Å²) in [6.45, 7) is 6.60. The SMILES string of the molecule is Cn1c(SCC(=O)N(Cc2ccco2)[C@@H](C(=O)NC2CCCCC2)c2ccc(F)cc2)nnc1-c1ccc(C(C)(C)C)cc1. The minimum absolute atomic E-state index is 0.0179. The number of thioether (sulfide) groups is 1. The Morgan fingerprint density at radius 2 is 1.75 bits per heavy atom. The zero-order valence-electron chi connectivity index (χ0n) is 25.8. The van der Waals surface area contributed by atoms with E-state index in [1.165, 1.54) is 40.6 Å². The first-order valence-electron chi connectivity index (χ1n) is 15.1. The second-order valence-electron chi connectivity index (χ2n) is 12.4. The number of carbonyl (C=O) groups is 2. The van der Waals surface area contributed by atoms with Crippen molar-refractivity contribution in [3.05, 3.63) is 89.6 Å². The van der Waals surface area contributed by atoms with Gasteiger partial charge >= 0.3 is 0 Å². The van der Waals surface area contributed by atoms with Gasteiger partial charge in [0.05, 0.1) is 18.6 Å². The van der Waals surface area contributed by atoms with Crippen LogP contribution in [0.5, 0.6) is 0 Å². The number of hydrogen-bond donors (Lipinski definition) is 1. The molecule has 8 nitrogen and oxygen atoms in total. The van der Waals surface area contributed by atoms with Crippen molar-refractivity contribution in [3.8, 4) is 11.4 Å². The van der Waals surface area contributed by atoms with Crippen LogP contribution in [0.1, 0.15) is 75.8 Å². The summed E-state index contributed by atoms with van der Waals surface area (Å²) in [5, 5.41) is 12.5. The van der Waals surface area contributed by atoms with E-state index in [4.69, 9.17) is 4.42 Å². The molecule has 232 valence electrons. The molecule has 0 spiro atoms. The second kappa shape index (κ2) is 13.8. The molecule has 5 rings (SSSR count). The highest BCUT2D eigenvalue weighted by Crippen LogP contribution is 2.30. The molecular weight excluding hydrogens is 577 g/mol. The highest BCUT2D eigenvalue weighted by atomic mass is 32.2. The van der Waals surface area contributed by atoms with Crippen molar-refractivity contribution in [2.45, 2.75) is 82.1 Å². The minimum atomic E-state index is -0.966. The summed E-state index contributed by atoms with van der Waals surface area (Å²) >= 11 is 1.26. The van der Waals surface area contributed by atoms with Crippen LogP contribution in [0.25, 0.3) is 11.4 Å². The van der Waals surface area contributed by atoms with Crippen molar-refractivity contribution in [3.63, 3.8) is 0 Å². The van der Waals surface area contributed by atoms with E-state index in [2.05, 4.69) is 48.4 Å². The maximum absolute atomic E-state index is 14.0. The van der Waals surface area contributed by atoms with Gasteiger partial charge in [-0.15, -0.1) is 10.2 Å². The molecule has 1 aliphatic carbocycles. The first kappa shape index (κ1) is 31.5. The zero-order valence-corrected chi connectivity index (χ0v) is 26.6. The summed E-state index contributed by atoms with van der Waals surface area (Å²) in [5.41, 5.74) is 2.73. The van der Waals surface area contributed by atoms with Gasteiger partial charge in [-0.3, -0.25) is 9.59 Å². The highest BCUT2D eigenvalue weighted by Gasteiger charge is 2.34. The molecule has 0 bridgehead atoms. The fourth-order valence-corrected chi connectivity index (χ4v) is 6.36. The van der Waals surface area contributed by atoms with Crippen LogP contribution in [0, 0.1) is 5.82 Å². The molecule has 0 radical (unpaired) electrons. The van der Waals surface area contributed by atoms with Crippen molar-refractivity contribution < 1.29 is 18.4 Å². The number of aromatic nitrogens is 3. The maximum Gasteiger partial charge on any atom is 0.247 e. The van der Waals surface area contributed by atoms with E-state index in [-0.39, 0.29) is 35.6 Å². The van der Waals surface area contributed by atoms with Gasteiger partial charge in [0.2, 0.25) is 11.8 Å². The molecule has 44 heavy (non-hydrogen) atoms. The Bertz CT molecular complexity index is 1540. The molecule has 1 atom stereocenters. The summed E-state index contributed by atoms with van der Waals surface area (Å²) in [7, 11) is 1.87. The normalized spacial score (nSPS) is 14.8.